The highest BCUT2D eigenvalue weighted by molar-refractivity contribution is 7.92. The van der Waals surface area contributed by atoms with Crippen molar-refractivity contribution in [3.8, 4) is 0 Å². The third-order valence-corrected chi connectivity index (χ3v) is 12.2. The second-order valence-electron chi connectivity index (χ2n) is 13.5. The van der Waals surface area contributed by atoms with Crippen LogP contribution in [0.2, 0.25) is 10.0 Å². The van der Waals surface area contributed by atoms with E-state index >= 15 is 0 Å². The fourth-order valence-corrected chi connectivity index (χ4v) is 8.07. The molecule has 234 valence electrons. The number of nitrogens with zero attached hydrogens (tertiary/aromatic N) is 2. The Morgan fingerprint density at radius 2 is 1.73 bits per heavy atom. The van der Waals surface area contributed by atoms with Gasteiger partial charge in [-0.15, -0.1) is 0 Å². The first-order chi connectivity index (χ1) is 20.6. The van der Waals surface area contributed by atoms with Crippen LogP contribution in [0.1, 0.15) is 86.1 Å². The first-order valence-corrected chi connectivity index (χ1v) is 17.2. The van der Waals surface area contributed by atoms with Crippen molar-refractivity contribution in [2.45, 2.75) is 76.1 Å². The van der Waals surface area contributed by atoms with Gasteiger partial charge in [0, 0.05) is 40.3 Å². The van der Waals surface area contributed by atoms with Crippen molar-refractivity contribution in [3.63, 3.8) is 0 Å². The lowest BCUT2D eigenvalue weighted by Gasteiger charge is -2.52. The van der Waals surface area contributed by atoms with Crippen molar-refractivity contribution in [2.75, 3.05) is 5.75 Å². The van der Waals surface area contributed by atoms with Gasteiger partial charge in [0.15, 0.2) is 9.84 Å². The molecule has 0 spiro atoms. The zero-order valence-electron chi connectivity index (χ0n) is 25.3. The highest BCUT2D eigenvalue weighted by Gasteiger charge is 2.55. The highest BCUT2D eigenvalue weighted by Crippen LogP contribution is 2.54. The van der Waals surface area contributed by atoms with Crippen molar-refractivity contribution in [1.29, 1.82) is 0 Å². The van der Waals surface area contributed by atoms with Gasteiger partial charge in [-0.3, -0.25) is 9.78 Å². The van der Waals surface area contributed by atoms with Crippen LogP contribution in [-0.2, 0) is 21.1 Å². The second-order valence-corrected chi connectivity index (χ2v) is 17.1. The third kappa shape index (κ3) is 6.68. The molecule has 2 fully saturated rings. The minimum atomic E-state index is -3.59. The molecule has 1 saturated heterocycles. The average Bonchev–Trinajstić information content (AvgIpc) is 3.79. The number of halogens is 2. The monoisotopic (exact) mass is 656 g/mol. The van der Waals surface area contributed by atoms with Gasteiger partial charge in [-0.25, -0.2) is 13.2 Å². The third-order valence-electron chi connectivity index (χ3n) is 9.08. The molecule has 7 nitrogen and oxygen atoms in total. The van der Waals surface area contributed by atoms with Crippen LogP contribution < -0.4 is 0 Å². The molecule has 2 aliphatic rings. The number of amides is 1. The number of likely N-dealkylation sites (tertiary alicyclic amines) is 1. The fraction of sp³-hybridized carbons (Fsp3) is 0.441. The molecule has 0 unspecified atom stereocenters. The topological polar surface area (TPSA) is 105 Å². The number of aromatic carboxylic acids is 1. The summed E-state index contributed by atoms with van der Waals surface area (Å²) in [6, 6.07) is 17.2. The Hall–Kier alpha value is -2.94. The predicted molar refractivity (Wildman–Crippen MR) is 173 cm³/mol. The summed E-state index contributed by atoms with van der Waals surface area (Å²) in [6.45, 7) is 7.01. The van der Waals surface area contributed by atoms with Crippen LogP contribution in [0.15, 0.2) is 66.9 Å². The zero-order chi connectivity index (χ0) is 32.0. The largest absolute Gasteiger partial charge is 0.478 e. The van der Waals surface area contributed by atoms with Crippen molar-refractivity contribution >= 4 is 44.9 Å². The smallest absolute Gasteiger partial charge is 0.337 e. The standard InChI is InChI=1S/C34H38Cl2N2O5S/c1-33(2,3)44(42,43)20-29(21-8-9-21)38-30(22-10-13-25(35)14-11-22)28(23-6-5-7-26(36)16-23)18-34(4,32(38)41)17-27-15-12-24(19-37-27)31(39)40/h5-7,10-16,19,21,28-30H,8-9,17-18,20H2,1-4H3,(H,39,40)/t28-,29-,30-,34+/m1/s1. The van der Waals surface area contributed by atoms with E-state index < -0.39 is 38.1 Å². The van der Waals surface area contributed by atoms with Crippen molar-refractivity contribution < 1.29 is 23.1 Å². The number of carbonyl (C=O) groups is 2. The number of benzene rings is 2. The van der Waals surface area contributed by atoms with E-state index in [2.05, 4.69) is 4.98 Å². The van der Waals surface area contributed by atoms with Crippen molar-refractivity contribution in [3.05, 3.63) is 99.3 Å². The molecule has 2 aromatic carbocycles. The van der Waals surface area contributed by atoms with Gasteiger partial charge in [0.25, 0.3) is 0 Å². The average molecular weight is 658 g/mol. The number of pyridine rings is 1. The Labute approximate surface area is 269 Å². The molecule has 1 saturated carbocycles. The molecule has 1 aromatic heterocycles. The Kier molecular flexibility index (Phi) is 8.93. The number of hydrogen-bond donors (Lipinski definition) is 1. The maximum absolute atomic E-state index is 15.0. The summed E-state index contributed by atoms with van der Waals surface area (Å²) in [4.78, 5) is 32.7. The number of aromatic nitrogens is 1. The van der Waals surface area contributed by atoms with Crippen LogP contribution in [0.5, 0.6) is 0 Å². The predicted octanol–water partition coefficient (Wildman–Crippen LogP) is 7.38. The van der Waals surface area contributed by atoms with Gasteiger partial charge in [0.2, 0.25) is 5.91 Å². The van der Waals surface area contributed by atoms with Gasteiger partial charge in [0.1, 0.15) is 0 Å². The summed E-state index contributed by atoms with van der Waals surface area (Å²) in [5.41, 5.74) is 1.51. The van der Waals surface area contributed by atoms with Gasteiger partial charge < -0.3 is 10.0 Å². The van der Waals surface area contributed by atoms with Gasteiger partial charge >= 0.3 is 5.97 Å². The molecule has 0 radical (unpaired) electrons. The molecule has 5 rings (SSSR count). The summed E-state index contributed by atoms with van der Waals surface area (Å²) in [6.07, 6.45) is 3.70. The van der Waals surface area contributed by atoms with Crippen LogP contribution in [-0.4, -0.2) is 51.8 Å². The molecule has 3 aromatic rings. The zero-order valence-corrected chi connectivity index (χ0v) is 27.7. The van der Waals surface area contributed by atoms with Gasteiger partial charge in [-0.1, -0.05) is 54.4 Å². The maximum atomic E-state index is 15.0. The summed E-state index contributed by atoms with van der Waals surface area (Å²) in [7, 11) is -3.59. The summed E-state index contributed by atoms with van der Waals surface area (Å²) in [5, 5.41) is 10.5. The lowest BCUT2D eigenvalue weighted by molar-refractivity contribution is -0.154. The van der Waals surface area contributed by atoms with Crippen molar-refractivity contribution in [1.82, 2.24) is 9.88 Å². The number of carboxylic acid groups (broad SMARTS) is 1. The highest BCUT2D eigenvalue weighted by atomic mass is 35.5. The molecule has 4 atom stereocenters. The number of sulfone groups is 1. The number of carboxylic acids is 1. The number of rotatable bonds is 9. The van der Waals surface area contributed by atoms with Crippen LogP contribution in [0.3, 0.4) is 0 Å². The summed E-state index contributed by atoms with van der Waals surface area (Å²) >= 11 is 12.8. The number of hydrogen-bond acceptors (Lipinski definition) is 5. The van der Waals surface area contributed by atoms with E-state index in [-0.39, 0.29) is 35.5 Å². The Morgan fingerprint density at radius 3 is 2.27 bits per heavy atom. The van der Waals surface area contributed by atoms with Crippen LogP contribution in [0, 0.1) is 11.3 Å². The molecule has 2 heterocycles. The van der Waals surface area contributed by atoms with Gasteiger partial charge in [-0.05, 0) is 93.5 Å². The molecular formula is C34H38Cl2N2O5S. The van der Waals surface area contributed by atoms with E-state index in [9.17, 15) is 23.1 Å². The van der Waals surface area contributed by atoms with Crippen LogP contribution >= 0.6 is 23.2 Å². The van der Waals surface area contributed by atoms with E-state index in [1.165, 1.54) is 12.3 Å². The van der Waals surface area contributed by atoms with Gasteiger partial charge in [-0.2, -0.15) is 0 Å². The maximum Gasteiger partial charge on any atom is 0.337 e. The van der Waals surface area contributed by atoms with Crippen molar-refractivity contribution in [2.24, 2.45) is 11.3 Å². The van der Waals surface area contributed by atoms with E-state index in [0.29, 0.717) is 22.2 Å². The summed E-state index contributed by atoms with van der Waals surface area (Å²) in [5.74, 6) is -1.52. The van der Waals surface area contributed by atoms with E-state index in [1.54, 1.807) is 39.0 Å². The molecule has 1 amide bonds. The molecular weight excluding hydrogens is 619 g/mol. The molecule has 1 N–H and O–H groups in total. The lowest BCUT2D eigenvalue weighted by atomic mass is 9.66. The number of carbonyl (C=O) groups excluding carboxylic acids is 1. The minimum Gasteiger partial charge on any atom is -0.478 e. The van der Waals surface area contributed by atoms with Crippen LogP contribution in [0.25, 0.3) is 0 Å². The molecule has 10 heteroatoms. The first-order valence-electron chi connectivity index (χ1n) is 14.8. The fourth-order valence-electron chi connectivity index (χ4n) is 6.37. The van der Waals surface area contributed by atoms with E-state index in [4.69, 9.17) is 23.2 Å². The Bertz CT molecular complexity index is 1650. The van der Waals surface area contributed by atoms with Gasteiger partial charge in [0.05, 0.1) is 27.5 Å². The summed E-state index contributed by atoms with van der Waals surface area (Å²) < 4.78 is 26.5. The lowest BCUT2D eigenvalue weighted by Crippen LogP contribution is -2.59. The van der Waals surface area contributed by atoms with E-state index in [1.807, 2.05) is 48.2 Å². The molecule has 0 bridgehead atoms. The van der Waals surface area contributed by atoms with Crippen LogP contribution in [0.4, 0.5) is 0 Å². The first kappa shape index (κ1) is 32.5. The molecule has 1 aliphatic carbocycles. The minimum absolute atomic E-state index is 0.0567. The number of piperidine rings is 1. The Morgan fingerprint density at radius 1 is 1.05 bits per heavy atom. The Balaban J connectivity index is 1.68. The SMILES string of the molecule is CC(C)(C)S(=O)(=O)C[C@H](C1CC1)N1C(=O)[C@@](C)(Cc2ccc(C(=O)O)cn2)C[C@H](c2cccc(Cl)c2)[C@H]1c1ccc(Cl)cc1. The van der Waals surface area contributed by atoms with E-state index in [0.717, 1.165) is 24.0 Å². The second kappa shape index (κ2) is 12.1. The molecule has 44 heavy (non-hydrogen) atoms. The molecule has 1 aliphatic heterocycles. The normalized spacial score (nSPS) is 23.4. The quantitative estimate of drug-likeness (QED) is 0.258.